The Morgan fingerprint density at radius 3 is 2.69 bits per heavy atom. The van der Waals surface area contributed by atoms with Crippen LogP contribution in [0.1, 0.15) is 54.8 Å². The molecule has 2 heterocycles. The summed E-state index contributed by atoms with van der Waals surface area (Å²) < 4.78 is 1.97. The van der Waals surface area contributed by atoms with Gasteiger partial charge in [0.05, 0.1) is 24.0 Å². The number of carbonyl (C=O) groups excluding carboxylic acids is 1. The molecule has 26 heavy (non-hydrogen) atoms. The Morgan fingerprint density at radius 1 is 1.27 bits per heavy atom. The number of aryl methyl sites for hydroxylation is 1. The van der Waals surface area contributed by atoms with Crippen LogP contribution < -0.4 is 0 Å². The molecular formula is C21H27N3O2. The van der Waals surface area contributed by atoms with Crippen molar-refractivity contribution >= 4 is 5.91 Å². The molecule has 5 heteroatoms. The zero-order chi connectivity index (χ0) is 18.1. The lowest BCUT2D eigenvalue weighted by Crippen LogP contribution is -2.32. The molecule has 1 amide bonds. The summed E-state index contributed by atoms with van der Waals surface area (Å²) in [6, 6.07) is 10.5. The van der Waals surface area contributed by atoms with Gasteiger partial charge < -0.3 is 10.0 Å². The van der Waals surface area contributed by atoms with Gasteiger partial charge in [0.25, 0.3) is 0 Å². The van der Waals surface area contributed by atoms with Crippen LogP contribution in [0.2, 0.25) is 0 Å². The third-order valence-electron chi connectivity index (χ3n) is 5.71. The van der Waals surface area contributed by atoms with Crippen molar-refractivity contribution in [3.05, 3.63) is 52.8 Å². The predicted octanol–water partition coefficient (Wildman–Crippen LogP) is 2.86. The van der Waals surface area contributed by atoms with Gasteiger partial charge in [-0.15, -0.1) is 0 Å². The highest BCUT2D eigenvalue weighted by molar-refractivity contribution is 5.76. The Bertz CT molecular complexity index is 773. The fourth-order valence-electron chi connectivity index (χ4n) is 4.24. The molecule has 0 radical (unpaired) electrons. The lowest BCUT2D eigenvalue weighted by Gasteiger charge is -2.22. The van der Waals surface area contributed by atoms with Crippen LogP contribution in [0.15, 0.2) is 30.3 Å². The average Bonchev–Trinajstić information content (AvgIpc) is 3.18. The first-order chi connectivity index (χ1) is 12.6. The van der Waals surface area contributed by atoms with Gasteiger partial charge in [-0.2, -0.15) is 5.10 Å². The first-order valence-corrected chi connectivity index (χ1v) is 9.73. The van der Waals surface area contributed by atoms with E-state index in [1.54, 1.807) is 0 Å². The Morgan fingerprint density at radius 2 is 2.00 bits per heavy atom. The van der Waals surface area contributed by atoms with E-state index in [1.807, 2.05) is 22.6 Å². The minimum absolute atomic E-state index is 0.245. The molecule has 1 N–H and O–H groups in total. The van der Waals surface area contributed by atoms with E-state index in [0.29, 0.717) is 25.3 Å². The van der Waals surface area contributed by atoms with Gasteiger partial charge in [-0.1, -0.05) is 31.2 Å². The van der Waals surface area contributed by atoms with Crippen molar-refractivity contribution in [2.24, 2.45) is 5.92 Å². The molecule has 2 aliphatic rings. The molecule has 138 valence electrons. The van der Waals surface area contributed by atoms with Crippen LogP contribution in [-0.2, 0) is 30.7 Å². The Balaban J connectivity index is 1.42. The molecule has 1 aromatic carbocycles. The molecule has 1 aromatic heterocycles. The number of aliphatic hydroxyl groups excluding tert-OH is 1. The van der Waals surface area contributed by atoms with E-state index in [9.17, 15) is 9.90 Å². The minimum atomic E-state index is -0.518. The topological polar surface area (TPSA) is 58.4 Å². The van der Waals surface area contributed by atoms with Crippen LogP contribution in [0, 0.1) is 5.92 Å². The molecule has 0 saturated carbocycles. The van der Waals surface area contributed by atoms with Crippen molar-refractivity contribution in [2.75, 3.05) is 6.54 Å². The van der Waals surface area contributed by atoms with Gasteiger partial charge in [0, 0.05) is 19.5 Å². The number of aromatic nitrogens is 2. The highest BCUT2D eigenvalue weighted by Gasteiger charge is 2.27. The molecule has 0 saturated heterocycles. The highest BCUT2D eigenvalue weighted by atomic mass is 16.3. The molecule has 0 spiro atoms. The second-order valence-electron chi connectivity index (χ2n) is 7.62. The van der Waals surface area contributed by atoms with Crippen LogP contribution in [0.3, 0.4) is 0 Å². The number of amides is 1. The molecule has 0 fully saturated rings. The summed E-state index contributed by atoms with van der Waals surface area (Å²) in [5.74, 6) is 0.667. The number of fused-ring (bicyclic) bond motifs is 2. The monoisotopic (exact) mass is 353 g/mol. The summed E-state index contributed by atoms with van der Waals surface area (Å²) >= 11 is 0. The number of aliphatic hydroxyl groups is 1. The Labute approximate surface area is 154 Å². The first kappa shape index (κ1) is 17.3. The van der Waals surface area contributed by atoms with Crippen molar-refractivity contribution in [1.29, 1.82) is 0 Å². The van der Waals surface area contributed by atoms with Crippen molar-refractivity contribution in [1.82, 2.24) is 14.7 Å². The maximum Gasteiger partial charge on any atom is 0.223 e. The number of nitrogens with zero attached hydrogens (tertiary/aromatic N) is 3. The summed E-state index contributed by atoms with van der Waals surface area (Å²) in [5.41, 5.74) is 4.56. The number of rotatable bonds is 4. The van der Waals surface area contributed by atoms with Gasteiger partial charge >= 0.3 is 0 Å². The van der Waals surface area contributed by atoms with Gasteiger partial charge in [0.2, 0.25) is 5.91 Å². The average molecular weight is 353 g/mol. The predicted molar refractivity (Wildman–Crippen MR) is 99.5 cm³/mol. The van der Waals surface area contributed by atoms with Crippen molar-refractivity contribution in [3.63, 3.8) is 0 Å². The van der Waals surface area contributed by atoms with E-state index in [1.165, 1.54) is 11.1 Å². The summed E-state index contributed by atoms with van der Waals surface area (Å²) in [5, 5.41) is 14.6. The molecule has 4 rings (SSSR count). The molecule has 1 aliphatic carbocycles. The fourth-order valence-corrected chi connectivity index (χ4v) is 4.24. The van der Waals surface area contributed by atoms with E-state index < -0.39 is 6.10 Å². The third-order valence-corrected chi connectivity index (χ3v) is 5.71. The van der Waals surface area contributed by atoms with E-state index in [0.717, 1.165) is 43.7 Å². The van der Waals surface area contributed by atoms with E-state index in [-0.39, 0.29) is 5.91 Å². The summed E-state index contributed by atoms with van der Waals surface area (Å²) in [6.45, 7) is 4.14. The maximum atomic E-state index is 12.9. The molecule has 1 atom stereocenters. The standard InChI is InChI=1S/C21H27N3O2/c1-2-20(25)19-13-18-14-23(8-5-9-24(18)22-19)21(26)12-15-10-16-6-3-4-7-17(16)11-15/h3-4,6-7,13,15,20,25H,2,5,8-12,14H2,1H3/t20-/m0/s1. The first-order valence-electron chi connectivity index (χ1n) is 9.73. The van der Waals surface area contributed by atoms with Crippen molar-refractivity contribution < 1.29 is 9.90 Å². The highest BCUT2D eigenvalue weighted by Crippen LogP contribution is 2.29. The molecule has 2 aromatic rings. The number of hydrogen-bond acceptors (Lipinski definition) is 3. The maximum absolute atomic E-state index is 12.9. The number of carbonyl (C=O) groups is 1. The zero-order valence-corrected chi connectivity index (χ0v) is 15.4. The molecule has 0 bridgehead atoms. The van der Waals surface area contributed by atoms with E-state index in [2.05, 4.69) is 29.4 Å². The Kier molecular flexibility index (Phi) is 4.81. The number of benzene rings is 1. The van der Waals surface area contributed by atoms with Crippen LogP contribution in [-0.4, -0.2) is 32.2 Å². The smallest absolute Gasteiger partial charge is 0.223 e. The lowest BCUT2D eigenvalue weighted by molar-refractivity contribution is -0.132. The summed E-state index contributed by atoms with van der Waals surface area (Å²) in [4.78, 5) is 14.9. The minimum Gasteiger partial charge on any atom is -0.387 e. The van der Waals surface area contributed by atoms with Crippen LogP contribution in [0.5, 0.6) is 0 Å². The number of hydrogen-bond donors (Lipinski definition) is 1. The quantitative estimate of drug-likeness (QED) is 0.919. The lowest BCUT2D eigenvalue weighted by atomic mass is 10.0. The summed E-state index contributed by atoms with van der Waals surface area (Å²) in [6.07, 6.45) is 3.69. The Hall–Kier alpha value is -2.14. The van der Waals surface area contributed by atoms with Gasteiger partial charge in [-0.3, -0.25) is 9.48 Å². The third kappa shape index (κ3) is 3.40. The van der Waals surface area contributed by atoms with Gasteiger partial charge in [0.1, 0.15) is 0 Å². The summed E-state index contributed by atoms with van der Waals surface area (Å²) in [7, 11) is 0. The van der Waals surface area contributed by atoms with Gasteiger partial charge in [-0.25, -0.2) is 0 Å². The zero-order valence-electron chi connectivity index (χ0n) is 15.4. The van der Waals surface area contributed by atoms with Gasteiger partial charge in [0.15, 0.2) is 0 Å². The van der Waals surface area contributed by atoms with Crippen LogP contribution in [0.25, 0.3) is 0 Å². The molecule has 5 nitrogen and oxygen atoms in total. The van der Waals surface area contributed by atoms with Gasteiger partial charge in [-0.05, 0) is 48.8 Å². The molecule has 0 unspecified atom stereocenters. The molecule has 1 aliphatic heterocycles. The largest absolute Gasteiger partial charge is 0.387 e. The molecular weight excluding hydrogens is 326 g/mol. The van der Waals surface area contributed by atoms with E-state index >= 15 is 0 Å². The van der Waals surface area contributed by atoms with Crippen molar-refractivity contribution in [2.45, 2.75) is 58.2 Å². The van der Waals surface area contributed by atoms with E-state index in [4.69, 9.17) is 0 Å². The SMILES string of the molecule is CC[C@H](O)c1cc2n(n1)CCCN(C(=O)CC1Cc3ccccc3C1)C2. The second kappa shape index (κ2) is 7.23. The van der Waals surface area contributed by atoms with Crippen LogP contribution in [0.4, 0.5) is 0 Å². The van der Waals surface area contributed by atoms with Crippen molar-refractivity contribution in [3.8, 4) is 0 Å². The van der Waals surface area contributed by atoms with Crippen LogP contribution >= 0.6 is 0 Å². The second-order valence-corrected chi connectivity index (χ2v) is 7.62. The normalized spacial score (nSPS) is 18.3. The fraction of sp³-hybridized carbons (Fsp3) is 0.524.